The van der Waals surface area contributed by atoms with Gasteiger partial charge in [0.25, 0.3) is 5.91 Å². The quantitative estimate of drug-likeness (QED) is 0.299. The molecule has 1 fully saturated rings. The van der Waals surface area contributed by atoms with Gasteiger partial charge in [-0.1, -0.05) is 78.4 Å². The van der Waals surface area contributed by atoms with Crippen molar-refractivity contribution in [1.29, 1.82) is 0 Å². The van der Waals surface area contributed by atoms with E-state index in [1.54, 1.807) is 6.08 Å². The van der Waals surface area contributed by atoms with Crippen LogP contribution in [-0.4, -0.2) is 16.8 Å². The van der Waals surface area contributed by atoms with Gasteiger partial charge in [-0.3, -0.25) is 9.69 Å². The van der Waals surface area contributed by atoms with Crippen LogP contribution in [0, 0.1) is 6.92 Å². The van der Waals surface area contributed by atoms with Crippen LogP contribution in [0.1, 0.15) is 22.3 Å². The molecule has 0 aliphatic carbocycles. The average molecular weight is 449 g/mol. The van der Waals surface area contributed by atoms with Gasteiger partial charge in [0.2, 0.25) is 0 Å². The predicted octanol–water partition coefficient (Wildman–Crippen LogP) is 5.82. The molecule has 4 aromatic rings. The molecule has 0 bridgehead atoms. The second-order valence-corrected chi connectivity index (χ2v) is 8.41. The van der Waals surface area contributed by atoms with Crippen molar-refractivity contribution in [2.75, 3.05) is 0 Å². The van der Waals surface area contributed by atoms with Gasteiger partial charge in [0, 0.05) is 0 Å². The Kier molecular flexibility index (Phi) is 5.83. The number of carbonyl (C=O) groups is 2. The zero-order chi connectivity index (χ0) is 23.5. The number of fused-ring (bicyclic) bond motifs is 1. The Morgan fingerprint density at radius 2 is 1.62 bits per heavy atom. The molecule has 3 amide bonds. The molecule has 1 heterocycles. The number of nitrogens with one attached hydrogen (secondary N) is 1. The van der Waals surface area contributed by atoms with Gasteiger partial charge in [0.05, 0.1) is 6.54 Å². The Labute approximate surface area is 198 Å². The van der Waals surface area contributed by atoms with Crippen LogP contribution in [0.5, 0.6) is 5.75 Å². The summed E-state index contributed by atoms with van der Waals surface area (Å²) in [5, 5.41) is 5.07. The van der Waals surface area contributed by atoms with Crippen LogP contribution in [0.3, 0.4) is 0 Å². The van der Waals surface area contributed by atoms with Crippen molar-refractivity contribution in [2.45, 2.75) is 20.1 Å². The normalized spacial score (nSPS) is 14.6. The van der Waals surface area contributed by atoms with Crippen molar-refractivity contribution in [3.05, 3.63) is 119 Å². The van der Waals surface area contributed by atoms with Crippen LogP contribution >= 0.6 is 0 Å². The van der Waals surface area contributed by atoms with E-state index in [0.29, 0.717) is 6.61 Å². The fraction of sp³-hybridized carbons (Fsp3) is 0.103. The van der Waals surface area contributed by atoms with E-state index in [1.807, 2.05) is 67.6 Å². The van der Waals surface area contributed by atoms with Gasteiger partial charge in [-0.05, 0) is 58.7 Å². The first-order chi connectivity index (χ1) is 16.5. The Morgan fingerprint density at radius 3 is 2.41 bits per heavy atom. The molecule has 1 N–H and O–H groups in total. The van der Waals surface area contributed by atoms with Crippen LogP contribution < -0.4 is 10.1 Å². The maximum atomic E-state index is 12.8. The summed E-state index contributed by atoms with van der Waals surface area (Å²) in [6.07, 6.45) is 1.68. The summed E-state index contributed by atoms with van der Waals surface area (Å²) in [7, 11) is 0. The molecule has 0 aromatic heterocycles. The molecule has 1 saturated heterocycles. The van der Waals surface area contributed by atoms with Crippen LogP contribution in [0.15, 0.2) is 96.7 Å². The number of nitrogens with zero attached hydrogens (tertiary/aromatic N) is 1. The van der Waals surface area contributed by atoms with Crippen molar-refractivity contribution in [3.8, 4) is 5.75 Å². The largest absolute Gasteiger partial charge is 0.489 e. The number of ether oxygens (including phenoxy) is 1. The van der Waals surface area contributed by atoms with Gasteiger partial charge in [-0.25, -0.2) is 4.79 Å². The predicted molar refractivity (Wildman–Crippen MR) is 133 cm³/mol. The van der Waals surface area contributed by atoms with Crippen LogP contribution in [0.4, 0.5) is 4.79 Å². The Bertz CT molecular complexity index is 1410. The van der Waals surface area contributed by atoms with E-state index < -0.39 is 6.03 Å². The first kappa shape index (κ1) is 21.5. The van der Waals surface area contributed by atoms with E-state index in [-0.39, 0.29) is 18.1 Å². The maximum Gasteiger partial charge on any atom is 0.329 e. The summed E-state index contributed by atoms with van der Waals surface area (Å²) in [6, 6.07) is 29.4. The molecule has 4 aromatic carbocycles. The number of urea groups is 1. The molecule has 168 valence electrons. The molecular formula is C29H24N2O3. The lowest BCUT2D eigenvalue weighted by Gasteiger charge is -2.12. The second kappa shape index (κ2) is 9.24. The highest BCUT2D eigenvalue weighted by molar-refractivity contribution is 6.13. The maximum absolute atomic E-state index is 12.8. The first-order valence-corrected chi connectivity index (χ1v) is 11.2. The van der Waals surface area contributed by atoms with Crippen molar-refractivity contribution < 1.29 is 14.3 Å². The van der Waals surface area contributed by atoms with E-state index in [0.717, 1.165) is 28.0 Å². The van der Waals surface area contributed by atoms with Crippen LogP contribution in [0.2, 0.25) is 0 Å². The lowest BCUT2D eigenvalue weighted by molar-refractivity contribution is -0.123. The third-order valence-electron chi connectivity index (χ3n) is 5.80. The van der Waals surface area contributed by atoms with Gasteiger partial charge < -0.3 is 10.1 Å². The van der Waals surface area contributed by atoms with Gasteiger partial charge >= 0.3 is 6.03 Å². The molecule has 5 nitrogen and oxygen atoms in total. The molecule has 34 heavy (non-hydrogen) atoms. The zero-order valence-corrected chi connectivity index (χ0v) is 18.8. The van der Waals surface area contributed by atoms with Crippen molar-refractivity contribution in [2.24, 2.45) is 0 Å². The number of aryl methyl sites for hydroxylation is 1. The number of rotatable bonds is 6. The third kappa shape index (κ3) is 4.69. The number of benzene rings is 4. The molecule has 0 unspecified atom stereocenters. The highest BCUT2D eigenvalue weighted by atomic mass is 16.5. The molecular weight excluding hydrogens is 424 g/mol. The third-order valence-corrected chi connectivity index (χ3v) is 5.80. The summed E-state index contributed by atoms with van der Waals surface area (Å²) in [5.74, 6) is 0.404. The molecule has 1 aliphatic rings. The summed E-state index contributed by atoms with van der Waals surface area (Å²) >= 11 is 0. The Morgan fingerprint density at radius 1 is 0.824 bits per heavy atom. The fourth-order valence-corrected chi connectivity index (χ4v) is 4.03. The summed E-state index contributed by atoms with van der Waals surface area (Å²) in [6.45, 7) is 2.69. The SMILES string of the molecule is Cc1cccc(CN2C(=O)N/C(=C/c3ccc(OCc4ccc5ccccc5c4)cc3)C2=O)c1. The van der Waals surface area contributed by atoms with Crippen molar-refractivity contribution in [3.63, 3.8) is 0 Å². The minimum Gasteiger partial charge on any atom is -0.489 e. The van der Waals surface area contributed by atoms with Crippen LogP contribution in [-0.2, 0) is 17.9 Å². The van der Waals surface area contributed by atoms with E-state index in [9.17, 15) is 9.59 Å². The smallest absolute Gasteiger partial charge is 0.329 e. The number of hydrogen-bond donors (Lipinski definition) is 1. The standard InChI is InChI=1S/C29H24N2O3/c1-20-5-4-6-22(15-20)18-31-28(32)27(30-29(31)33)17-21-10-13-26(14-11-21)34-19-23-9-12-24-7-2-3-8-25(24)16-23/h2-17H,18-19H2,1H3,(H,30,33)/b27-17+. The van der Waals surface area contributed by atoms with Crippen molar-refractivity contribution >= 4 is 28.8 Å². The topological polar surface area (TPSA) is 58.6 Å². The minimum absolute atomic E-state index is 0.241. The molecule has 5 rings (SSSR count). The monoisotopic (exact) mass is 448 g/mol. The average Bonchev–Trinajstić information content (AvgIpc) is 3.11. The van der Waals surface area contributed by atoms with Gasteiger partial charge in [0.1, 0.15) is 18.1 Å². The number of hydrogen-bond acceptors (Lipinski definition) is 3. The molecule has 0 atom stereocenters. The highest BCUT2D eigenvalue weighted by Crippen LogP contribution is 2.21. The molecule has 0 spiro atoms. The molecule has 5 heteroatoms. The van der Waals surface area contributed by atoms with E-state index in [2.05, 4.69) is 35.6 Å². The minimum atomic E-state index is -0.409. The number of imide groups is 1. The zero-order valence-electron chi connectivity index (χ0n) is 18.8. The van der Waals surface area contributed by atoms with Gasteiger partial charge in [-0.15, -0.1) is 0 Å². The van der Waals surface area contributed by atoms with E-state index in [1.165, 1.54) is 15.7 Å². The molecule has 0 saturated carbocycles. The van der Waals surface area contributed by atoms with E-state index in [4.69, 9.17) is 4.74 Å². The number of carbonyl (C=O) groups excluding carboxylic acids is 2. The Balaban J connectivity index is 1.23. The van der Waals surface area contributed by atoms with Crippen molar-refractivity contribution in [1.82, 2.24) is 10.2 Å². The first-order valence-electron chi connectivity index (χ1n) is 11.2. The summed E-state index contributed by atoms with van der Waals surface area (Å²) in [4.78, 5) is 26.4. The second-order valence-electron chi connectivity index (χ2n) is 8.41. The Hall–Kier alpha value is -4.38. The fourth-order valence-electron chi connectivity index (χ4n) is 4.03. The summed E-state index contributed by atoms with van der Waals surface area (Å²) < 4.78 is 5.93. The lowest BCUT2D eigenvalue weighted by atomic mass is 10.1. The number of amides is 3. The van der Waals surface area contributed by atoms with Gasteiger partial charge in [0.15, 0.2) is 0 Å². The molecule has 1 aliphatic heterocycles. The summed E-state index contributed by atoms with van der Waals surface area (Å²) in [5.41, 5.74) is 4.17. The molecule has 0 radical (unpaired) electrons. The lowest BCUT2D eigenvalue weighted by Crippen LogP contribution is -2.30. The highest BCUT2D eigenvalue weighted by Gasteiger charge is 2.33. The van der Waals surface area contributed by atoms with Gasteiger partial charge in [-0.2, -0.15) is 0 Å². The van der Waals surface area contributed by atoms with E-state index >= 15 is 0 Å². The van der Waals surface area contributed by atoms with Crippen LogP contribution in [0.25, 0.3) is 16.8 Å².